The normalized spacial score (nSPS) is 18.9. The second-order valence-corrected chi connectivity index (χ2v) is 7.14. The molecule has 1 unspecified atom stereocenters. The molecule has 1 aliphatic rings. The molecule has 1 fully saturated rings. The topological polar surface area (TPSA) is 83.7 Å². The first-order chi connectivity index (χ1) is 9.71. The standard InChI is InChI=1S/C14H21N3O3S/c1-10-5-4-8-17(10)14(18)11-6-7-12(16(2)3)13(9-11)21(15,19)20/h6-7,9-10H,4-5,8H2,1-3H3,(H2,15,19,20). The molecule has 0 saturated carbocycles. The highest BCUT2D eigenvalue weighted by Crippen LogP contribution is 2.26. The molecule has 116 valence electrons. The number of sulfonamides is 1. The second kappa shape index (κ2) is 5.65. The number of likely N-dealkylation sites (tertiary alicyclic amines) is 1. The van der Waals surface area contributed by atoms with Crippen molar-refractivity contribution in [3.8, 4) is 0 Å². The van der Waals surface area contributed by atoms with E-state index in [1.54, 1.807) is 36.0 Å². The first kappa shape index (κ1) is 15.8. The number of hydrogen-bond donors (Lipinski definition) is 1. The summed E-state index contributed by atoms with van der Waals surface area (Å²) in [5.41, 5.74) is 0.835. The summed E-state index contributed by atoms with van der Waals surface area (Å²) in [6.45, 7) is 2.71. The highest BCUT2D eigenvalue weighted by Gasteiger charge is 2.27. The van der Waals surface area contributed by atoms with Crippen LogP contribution in [0.1, 0.15) is 30.1 Å². The van der Waals surface area contributed by atoms with Crippen molar-refractivity contribution < 1.29 is 13.2 Å². The SMILES string of the molecule is CC1CCCN1C(=O)c1ccc(N(C)C)c(S(N)(=O)=O)c1. The molecule has 1 aromatic rings. The van der Waals surface area contributed by atoms with Crippen LogP contribution in [0.2, 0.25) is 0 Å². The summed E-state index contributed by atoms with van der Waals surface area (Å²) in [5, 5.41) is 5.27. The Labute approximate surface area is 125 Å². The first-order valence-corrected chi connectivity index (χ1v) is 8.41. The molecule has 1 heterocycles. The van der Waals surface area contributed by atoms with Crippen molar-refractivity contribution in [2.75, 3.05) is 25.5 Å². The Morgan fingerprint density at radius 3 is 2.52 bits per heavy atom. The van der Waals surface area contributed by atoms with Crippen LogP contribution in [0.15, 0.2) is 23.1 Å². The van der Waals surface area contributed by atoms with E-state index < -0.39 is 10.0 Å². The number of hydrogen-bond acceptors (Lipinski definition) is 4. The number of primary sulfonamides is 1. The van der Waals surface area contributed by atoms with Gasteiger partial charge in [0.05, 0.1) is 5.69 Å². The zero-order valence-electron chi connectivity index (χ0n) is 12.5. The van der Waals surface area contributed by atoms with E-state index in [1.807, 2.05) is 6.92 Å². The molecular formula is C14H21N3O3S. The highest BCUT2D eigenvalue weighted by molar-refractivity contribution is 7.89. The van der Waals surface area contributed by atoms with Crippen LogP contribution in [-0.4, -0.2) is 45.9 Å². The van der Waals surface area contributed by atoms with E-state index in [0.717, 1.165) is 12.8 Å². The number of benzene rings is 1. The summed E-state index contributed by atoms with van der Waals surface area (Å²) in [6, 6.07) is 4.83. The van der Waals surface area contributed by atoms with Crippen LogP contribution in [0.4, 0.5) is 5.69 Å². The van der Waals surface area contributed by atoms with Crippen LogP contribution in [0.5, 0.6) is 0 Å². The lowest BCUT2D eigenvalue weighted by atomic mass is 10.1. The molecule has 2 rings (SSSR count). The van der Waals surface area contributed by atoms with Crippen molar-refractivity contribution in [2.24, 2.45) is 5.14 Å². The van der Waals surface area contributed by atoms with E-state index in [9.17, 15) is 13.2 Å². The van der Waals surface area contributed by atoms with E-state index in [0.29, 0.717) is 17.8 Å². The fourth-order valence-corrected chi connectivity index (χ4v) is 3.48. The van der Waals surface area contributed by atoms with Crippen molar-refractivity contribution >= 4 is 21.6 Å². The molecule has 6 nitrogen and oxygen atoms in total. The lowest BCUT2D eigenvalue weighted by Gasteiger charge is -2.23. The van der Waals surface area contributed by atoms with Crippen molar-refractivity contribution in [1.29, 1.82) is 0 Å². The van der Waals surface area contributed by atoms with Gasteiger partial charge in [-0.2, -0.15) is 0 Å². The number of rotatable bonds is 3. The van der Waals surface area contributed by atoms with Crippen LogP contribution >= 0.6 is 0 Å². The van der Waals surface area contributed by atoms with Crippen molar-refractivity contribution in [3.05, 3.63) is 23.8 Å². The summed E-state index contributed by atoms with van der Waals surface area (Å²) in [6.07, 6.45) is 1.95. The lowest BCUT2D eigenvalue weighted by Crippen LogP contribution is -2.33. The van der Waals surface area contributed by atoms with Gasteiger partial charge in [-0.1, -0.05) is 0 Å². The summed E-state index contributed by atoms with van der Waals surface area (Å²) in [7, 11) is -0.424. The predicted molar refractivity (Wildman–Crippen MR) is 81.9 cm³/mol. The smallest absolute Gasteiger partial charge is 0.254 e. The highest BCUT2D eigenvalue weighted by atomic mass is 32.2. The second-order valence-electron chi connectivity index (χ2n) is 5.61. The molecule has 0 aromatic heterocycles. The Morgan fingerprint density at radius 2 is 2.05 bits per heavy atom. The minimum absolute atomic E-state index is 0.0230. The van der Waals surface area contributed by atoms with Gasteiger partial charge in [-0.15, -0.1) is 0 Å². The maximum atomic E-state index is 12.5. The van der Waals surface area contributed by atoms with Crippen molar-refractivity contribution in [2.45, 2.75) is 30.7 Å². The largest absolute Gasteiger partial charge is 0.377 e. The molecule has 1 aliphatic heterocycles. The van der Waals surface area contributed by atoms with Crippen LogP contribution in [0.3, 0.4) is 0 Å². The first-order valence-electron chi connectivity index (χ1n) is 6.87. The number of carbonyl (C=O) groups excluding carboxylic acids is 1. The lowest BCUT2D eigenvalue weighted by molar-refractivity contribution is 0.0747. The van der Waals surface area contributed by atoms with Crippen molar-refractivity contribution in [1.82, 2.24) is 4.90 Å². The quantitative estimate of drug-likeness (QED) is 0.903. The molecule has 1 atom stereocenters. The summed E-state index contributed by atoms with van der Waals surface area (Å²) >= 11 is 0. The average Bonchev–Trinajstić information content (AvgIpc) is 2.82. The van der Waals surface area contributed by atoms with Crippen LogP contribution in [0, 0.1) is 0 Å². The molecular weight excluding hydrogens is 290 g/mol. The zero-order valence-corrected chi connectivity index (χ0v) is 13.4. The monoisotopic (exact) mass is 311 g/mol. The average molecular weight is 311 g/mol. The number of nitrogens with zero attached hydrogens (tertiary/aromatic N) is 2. The van der Waals surface area contributed by atoms with Gasteiger partial charge in [-0.05, 0) is 38.0 Å². The van der Waals surface area contributed by atoms with Gasteiger partial charge in [-0.3, -0.25) is 4.79 Å². The van der Waals surface area contributed by atoms with E-state index in [-0.39, 0.29) is 16.8 Å². The summed E-state index contributed by atoms with van der Waals surface area (Å²) in [4.78, 5) is 15.9. The molecule has 2 N–H and O–H groups in total. The van der Waals surface area contributed by atoms with Gasteiger partial charge in [0.1, 0.15) is 4.90 Å². The minimum atomic E-state index is -3.88. The third kappa shape index (κ3) is 3.19. The Hall–Kier alpha value is -1.60. The van der Waals surface area contributed by atoms with Crippen LogP contribution in [-0.2, 0) is 10.0 Å². The number of nitrogens with two attached hydrogens (primary N) is 1. The molecule has 1 saturated heterocycles. The van der Waals surface area contributed by atoms with Crippen LogP contribution in [0.25, 0.3) is 0 Å². The maximum absolute atomic E-state index is 12.5. The minimum Gasteiger partial charge on any atom is -0.377 e. The summed E-state index contributed by atoms with van der Waals surface area (Å²) < 4.78 is 23.5. The van der Waals surface area contributed by atoms with E-state index in [4.69, 9.17) is 5.14 Å². The Kier molecular flexibility index (Phi) is 4.25. The molecule has 0 spiro atoms. The van der Waals surface area contributed by atoms with Gasteiger partial charge in [0.15, 0.2) is 0 Å². The Morgan fingerprint density at radius 1 is 1.38 bits per heavy atom. The zero-order chi connectivity index (χ0) is 15.8. The molecule has 7 heteroatoms. The molecule has 0 radical (unpaired) electrons. The molecule has 1 amide bonds. The van der Waals surface area contributed by atoms with Gasteiger partial charge < -0.3 is 9.80 Å². The summed E-state index contributed by atoms with van der Waals surface area (Å²) in [5.74, 6) is -0.143. The fourth-order valence-electron chi connectivity index (χ4n) is 2.65. The number of carbonyl (C=O) groups is 1. The van der Waals surface area contributed by atoms with Gasteiger partial charge in [0, 0.05) is 32.2 Å². The molecule has 0 bridgehead atoms. The van der Waals surface area contributed by atoms with Gasteiger partial charge in [0.2, 0.25) is 10.0 Å². The van der Waals surface area contributed by atoms with E-state index >= 15 is 0 Å². The van der Waals surface area contributed by atoms with Gasteiger partial charge in [0.25, 0.3) is 5.91 Å². The van der Waals surface area contributed by atoms with Gasteiger partial charge >= 0.3 is 0 Å². The number of amides is 1. The molecule has 21 heavy (non-hydrogen) atoms. The molecule has 0 aliphatic carbocycles. The van der Waals surface area contributed by atoms with Crippen LogP contribution < -0.4 is 10.0 Å². The van der Waals surface area contributed by atoms with Gasteiger partial charge in [-0.25, -0.2) is 13.6 Å². The fraction of sp³-hybridized carbons (Fsp3) is 0.500. The Balaban J connectivity index is 2.45. The number of anilines is 1. The Bertz CT molecular complexity index is 655. The predicted octanol–water partition coefficient (Wildman–Crippen LogP) is 1.02. The third-order valence-electron chi connectivity index (χ3n) is 3.81. The van der Waals surface area contributed by atoms with Crippen molar-refractivity contribution in [3.63, 3.8) is 0 Å². The van der Waals surface area contributed by atoms with E-state index in [1.165, 1.54) is 6.07 Å². The van der Waals surface area contributed by atoms with E-state index in [2.05, 4.69) is 0 Å². The molecule has 1 aromatic carbocycles. The third-order valence-corrected chi connectivity index (χ3v) is 4.75. The maximum Gasteiger partial charge on any atom is 0.254 e.